The van der Waals surface area contributed by atoms with E-state index in [4.69, 9.17) is 0 Å². The van der Waals surface area contributed by atoms with Crippen LogP contribution < -0.4 is 0 Å². The minimum absolute atomic E-state index is 0.315. The van der Waals surface area contributed by atoms with Crippen LogP contribution in [0, 0.1) is 6.92 Å². The van der Waals surface area contributed by atoms with Gasteiger partial charge < -0.3 is 5.11 Å². The van der Waals surface area contributed by atoms with Crippen molar-refractivity contribution in [3.8, 4) is 5.75 Å². The lowest BCUT2D eigenvalue weighted by atomic mass is 9.94. The molecule has 1 nitrogen and oxygen atoms in total. The van der Waals surface area contributed by atoms with Crippen molar-refractivity contribution in [2.75, 3.05) is 0 Å². The first kappa shape index (κ1) is 11.3. The lowest BCUT2D eigenvalue weighted by Gasteiger charge is -2.10. The van der Waals surface area contributed by atoms with Crippen LogP contribution in [0.25, 0.3) is 32.3 Å². The van der Waals surface area contributed by atoms with E-state index in [1.54, 1.807) is 6.07 Å². The Labute approximate surface area is 117 Å². The van der Waals surface area contributed by atoms with Crippen LogP contribution in [0.1, 0.15) is 5.56 Å². The van der Waals surface area contributed by atoms with Crippen LogP contribution in [0.2, 0.25) is 0 Å². The number of aryl methyl sites for hydroxylation is 1. The van der Waals surface area contributed by atoms with Crippen LogP contribution in [0.4, 0.5) is 0 Å². The fraction of sp³-hybridized carbons (Fsp3) is 0.0526. The van der Waals surface area contributed by atoms with Gasteiger partial charge in [-0.05, 0) is 56.9 Å². The summed E-state index contributed by atoms with van der Waals surface area (Å²) in [5, 5.41) is 17.1. The standard InChI is InChI=1S/C19H14O/c1-12-3-2-4-14-7-8-15-6-5-13-9-10-16(20)11-17(13)19(15)18(12)14/h2-11,20H,1H3. The molecule has 0 fully saturated rings. The first-order valence-corrected chi connectivity index (χ1v) is 6.78. The summed E-state index contributed by atoms with van der Waals surface area (Å²) in [6, 6.07) is 20.5. The fourth-order valence-corrected chi connectivity index (χ4v) is 3.09. The van der Waals surface area contributed by atoms with E-state index in [1.807, 2.05) is 12.1 Å². The van der Waals surface area contributed by atoms with E-state index in [9.17, 15) is 5.11 Å². The Hall–Kier alpha value is -2.54. The summed E-state index contributed by atoms with van der Waals surface area (Å²) in [5.74, 6) is 0.315. The number of hydrogen-bond donors (Lipinski definition) is 1. The van der Waals surface area contributed by atoms with Gasteiger partial charge in [0.05, 0.1) is 0 Å². The van der Waals surface area contributed by atoms with E-state index in [-0.39, 0.29) is 0 Å². The second kappa shape index (κ2) is 3.97. The van der Waals surface area contributed by atoms with Gasteiger partial charge in [-0.1, -0.05) is 48.5 Å². The molecule has 4 aromatic rings. The molecule has 0 unspecified atom stereocenters. The molecule has 1 N–H and O–H groups in total. The zero-order valence-electron chi connectivity index (χ0n) is 11.2. The molecule has 0 heterocycles. The molecule has 0 atom stereocenters. The largest absolute Gasteiger partial charge is 0.508 e. The summed E-state index contributed by atoms with van der Waals surface area (Å²) in [6.45, 7) is 2.14. The van der Waals surface area contributed by atoms with Gasteiger partial charge in [-0.2, -0.15) is 0 Å². The minimum Gasteiger partial charge on any atom is -0.508 e. The van der Waals surface area contributed by atoms with Crippen molar-refractivity contribution in [3.63, 3.8) is 0 Å². The number of rotatable bonds is 0. The second-order valence-corrected chi connectivity index (χ2v) is 5.31. The maximum Gasteiger partial charge on any atom is 0.116 e. The Morgan fingerprint density at radius 1 is 0.700 bits per heavy atom. The highest BCUT2D eigenvalue weighted by Crippen LogP contribution is 2.35. The number of phenols is 1. The van der Waals surface area contributed by atoms with E-state index in [0.29, 0.717) is 5.75 Å². The highest BCUT2D eigenvalue weighted by atomic mass is 16.3. The first-order chi connectivity index (χ1) is 9.74. The average molecular weight is 258 g/mol. The smallest absolute Gasteiger partial charge is 0.116 e. The van der Waals surface area contributed by atoms with Crippen LogP contribution in [0.5, 0.6) is 5.75 Å². The molecule has 0 bridgehead atoms. The van der Waals surface area contributed by atoms with Crippen molar-refractivity contribution in [2.45, 2.75) is 6.92 Å². The van der Waals surface area contributed by atoms with E-state index in [1.165, 1.54) is 27.1 Å². The van der Waals surface area contributed by atoms with Gasteiger partial charge in [0, 0.05) is 0 Å². The maximum atomic E-state index is 9.83. The van der Waals surface area contributed by atoms with Crippen molar-refractivity contribution in [1.29, 1.82) is 0 Å². The van der Waals surface area contributed by atoms with E-state index < -0.39 is 0 Å². The third kappa shape index (κ3) is 1.50. The van der Waals surface area contributed by atoms with Crippen molar-refractivity contribution in [1.82, 2.24) is 0 Å². The molecule has 1 heteroatoms. The summed E-state index contributed by atoms with van der Waals surface area (Å²) in [6.07, 6.45) is 0. The Balaban J connectivity index is 2.38. The van der Waals surface area contributed by atoms with Crippen molar-refractivity contribution in [3.05, 3.63) is 66.2 Å². The summed E-state index contributed by atoms with van der Waals surface area (Å²) < 4.78 is 0. The van der Waals surface area contributed by atoms with Crippen LogP contribution in [-0.4, -0.2) is 5.11 Å². The van der Waals surface area contributed by atoms with Gasteiger partial charge in [0.15, 0.2) is 0 Å². The topological polar surface area (TPSA) is 20.2 Å². The summed E-state index contributed by atoms with van der Waals surface area (Å²) >= 11 is 0. The van der Waals surface area contributed by atoms with Gasteiger partial charge in [0.2, 0.25) is 0 Å². The first-order valence-electron chi connectivity index (χ1n) is 6.78. The number of aromatic hydroxyl groups is 1. The van der Waals surface area contributed by atoms with Crippen LogP contribution in [0.15, 0.2) is 60.7 Å². The third-order valence-corrected chi connectivity index (χ3v) is 4.03. The van der Waals surface area contributed by atoms with Crippen molar-refractivity contribution >= 4 is 32.3 Å². The molecule has 0 amide bonds. The van der Waals surface area contributed by atoms with Crippen LogP contribution >= 0.6 is 0 Å². The quantitative estimate of drug-likeness (QED) is 0.432. The normalized spacial score (nSPS) is 11.4. The highest BCUT2D eigenvalue weighted by molar-refractivity contribution is 6.21. The number of fused-ring (bicyclic) bond motifs is 5. The summed E-state index contributed by atoms with van der Waals surface area (Å²) in [5.41, 5.74) is 1.27. The van der Waals surface area contributed by atoms with Gasteiger partial charge in [-0.25, -0.2) is 0 Å². The van der Waals surface area contributed by atoms with Crippen molar-refractivity contribution < 1.29 is 5.11 Å². The van der Waals surface area contributed by atoms with Gasteiger partial charge >= 0.3 is 0 Å². The monoisotopic (exact) mass is 258 g/mol. The molecule has 20 heavy (non-hydrogen) atoms. The second-order valence-electron chi connectivity index (χ2n) is 5.31. The van der Waals surface area contributed by atoms with Crippen LogP contribution in [-0.2, 0) is 0 Å². The summed E-state index contributed by atoms with van der Waals surface area (Å²) in [4.78, 5) is 0. The minimum atomic E-state index is 0.315. The average Bonchev–Trinajstić information content (AvgIpc) is 2.46. The van der Waals surface area contributed by atoms with Gasteiger partial charge in [0.1, 0.15) is 5.75 Å². The Bertz CT molecular complexity index is 962. The molecule has 96 valence electrons. The molecule has 4 aromatic carbocycles. The van der Waals surface area contributed by atoms with E-state index in [0.717, 1.165) is 10.8 Å². The molecular weight excluding hydrogens is 244 g/mol. The predicted octanol–water partition coefficient (Wildman–Crippen LogP) is 5.16. The molecule has 0 aliphatic carbocycles. The SMILES string of the molecule is Cc1cccc2ccc3ccc4ccc(O)cc4c3c12. The zero-order valence-corrected chi connectivity index (χ0v) is 11.2. The Kier molecular flexibility index (Phi) is 2.25. The number of benzene rings is 4. The molecule has 0 aliphatic rings. The molecule has 0 aliphatic heterocycles. The van der Waals surface area contributed by atoms with Gasteiger partial charge in [-0.15, -0.1) is 0 Å². The fourth-order valence-electron chi connectivity index (χ4n) is 3.09. The molecule has 0 aromatic heterocycles. The number of hydrogen-bond acceptors (Lipinski definition) is 1. The Morgan fingerprint density at radius 3 is 2.15 bits per heavy atom. The summed E-state index contributed by atoms with van der Waals surface area (Å²) in [7, 11) is 0. The molecular formula is C19H14O. The third-order valence-electron chi connectivity index (χ3n) is 4.03. The van der Waals surface area contributed by atoms with Gasteiger partial charge in [0.25, 0.3) is 0 Å². The molecule has 4 rings (SSSR count). The number of phenolic OH excluding ortho intramolecular Hbond substituents is 1. The molecule has 0 spiro atoms. The molecule has 0 radical (unpaired) electrons. The zero-order chi connectivity index (χ0) is 13.7. The van der Waals surface area contributed by atoms with E-state index in [2.05, 4.69) is 49.4 Å². The lowest BCUT2D eigenvalue weighted by molar-refractivity contribution is 0.476. The highest BCUT2D eigenvalue weighted by Gasteiger charge is 2.07. The molecule has 0 saturated heterocycles. The Morgan fingerprint density at radius 2 is 1.35 bits per heavy atom. The van der Waals surface area contributed by atoms with Crippen LogP contribution in [0.3, 0.4) is 0 Å². The van der Waals surface area contributed by atoms with Crippen molar-refractivity contribution in [2.24, 2.45) is 0 Å². The lowest BCUT2D eigenvalue weighted by Crippen LogP contribution is -1.84. The van der Waals surface area contributed by atoms with E-state index >= 15 is 0 Å². The molecule has 0 saturated carbocycles. The van der Waals surface area contributed by atoms with Gasteiger partial charge in [-0.3, -0.25) is 0 Å². The predicted molar refractivity (Wildman–Crippen MR) is 85.4 cm³/mol. The maximum absolute atomic E-state index is 9.83.